The van der Waals surface area contributed by atoms with Crippen LogP contribution in [0, 0.1) is 0 Å². The van der Waals surface area contributed by atoms with Crippen LogP contribution in [0.4, 0.5) is 0 Å². The number of pyridine rings is 1. The smallest absolute Gasteiger partial charge is 0.252 e. The van der Waals surface area contributed by atoms with Gasteiger partial charge in [-0.1, -0.05) is 36.4 Å². The Morgan fingerprint density at radius 1 is 1.07 bits per heavy atom. The summed E-state index contributed by atoms with van der Waals surface area (Å²) >= 11 is 4.08. The summed E-state index contributed by atoms with van der Waals surface area (Å²) in [6.07, 6.45) is 0. The second kappa shape index (κ2) is 4.36. The maximum Gasteiger partial charge on any atom is 0.252 e. The van der Waals surface area contributed by atoms with Crippen LogP contribution in [0.1, 0.15) is 5.56 Å². The van der Waals surface area contributed by atoms with Crippen molar-refractivity contribution in [2.24, 2.45) is 0 Å². The summed E-state index contributed by atoms with van der Waals surface area (Å²) in [5.41, 5.74) is 2.48. The fourth-order valence-corrected chi connectivity index (χ4v) is 1.66. The van der Waals surface area contributed by atoms with Gasteiger partial charge in [-0.3, -0.25) is 4.79 Å². The SMILES string of the molecule is O=c1[nH]c(-c2ccccc2)ccc1CS. The Hall–Kier alpha value is -1.48. The van der Waals surface area contributed by atoms with Crippen molar-refractivity contribution in [3.63, 3.8) is 0 Å². The number of nitrogens with one attached hydrogen (secondary N) is 1. The molecule has 76 valence electrons. The van der Waals surface area contributed by atoms with Crippen LogP contribution in [-0.2, 0) is 5.75 Å². The van der Waals surface area contributed by atoms with E-state index in [1.165, 1.54) is 0 Å². The van der Waals surface area contributed by atoms with E-state index in [1.807, 2.05) is 42.5 Å². The molecule has 2 aromatic rings. The third-order valence-corrected chi connectivity index (χ3v) is 2.59. The lowest BCUT2D eigenvalue weighted by Crippen LogP contribution is -2.11. The highest BCUT2D eigenvalue weighted by Gasteiger charge is 2.00. The topological polar surface area (TPSA) is 32.9 Å². The minimum atomic E-state index is -0.0636. The molecule has 0 atom stereocenters. The molecule has 0 aliphatic rings. The van der Waals surface area contributed by atoms with Crippen molar-refractivity contribution in [2.45, 2.75) is 5.75 Å². The van der Waals surface area contributed by atoms with E-state index in [2.05, 4.69) is 17.6 Å². The van der Waals surface area contributed by atoms with Gasteiger partial charge in [0.05, 0.1) is 0 Å². The van der Waals surface area contributed by atoms with Crippen LogP contribution in [0.2, 0.25) is 0 Å². The van der Waals surface area contributed by atoms with Crippen molar-refractivity contribution in [3.8, 4) is 11.3 Å². The standard InChI is InChI=1S/C12H11NOS/c14-12-10(8-15)6-7-11(13-12)9-4-2-1-3-5-9/h1-7,15H,8H2,(H,13,14). The highest BCUT2D eigenvalue weighted by molar-refractivity contribution is 7.79. The van der Waals surface area contributed by atoms with Gasteiger partial charge in [0.25, 0.3) is 5.56 Å². The minimum Gasteiger partial charge on any atom is -0.322 e. The third kappa shape index (κ3) is 2.13. The van der Waals surface area contributed by atoms with E-state index in [4.69, 9.17) is 0 Å². The van der Waals surface area contributed by atoms with Crippen LogP contribution in [-0.4, -0.2) is 4.98 Å². The van der Waals surface area contributed by atoms with E-state index in [9.17, 15) is 4.79 Å². The number of aromatic amines is 1. The summed E-state index contributed by atoms with van der Waals surface area (Å²) in [4.78, 5) is 14.4. The summed E-state index contributed by atoms with van der Waals surface area (Å²) in [7, 11) is 0. The quantitative estimate of drug-likeness (QED) is 0.744. The highest BCUT2D eigenvalue weighted by atomic mass is 32.1. The summed E-state index contributed by atoms with van der Waals surface area (Å²) in [5.74, 6) is 0.463. The van der Waals surface area contributed by atoms with Gasteiger partial charge in [0.2, 0.25) is 0 Å². The second-order valence-electron chi connectivity index (χ2n) is 3.25. The van der Waals surface area contributed by atoms with Gasteiger partial charge in [-0.05, 0) is 11.6 Å². The molecule has 2 rings (SSSR count). The predicted molar refractivity (Wildman–Crippen MR) is 65.2 cm³/mol. The molecule has 1 N–H and O–H groups in total. The first-order chi connectivity index (χ1) is 7.31. The molecule has 0 unspecified atom stereocenters. The minimum absolute atomic E-state index is 0.0636. The summed E-state index contributed by atoms with van der Waals surface area (Å²) in [6.45, 7) is 0. The Morgan fingerprint density at radius 2 is 1.80 bits per heavy atom. The Morgan fingerprint density at radius 3 is 2.40 bits per heavy atom. The van der Waals surface area contributed by atoms with Gasteiger partial charge in [0, 0.05) is 17.0 Å². The van der Waals surface area contributed by atoms with Crippen molar-refractivity contribution in [3.05, 3.63) is 58.4 Å². The van der Waals surface area contributed by atoms with E-state index in [1.54, 1.807) is 0 Å². The van der Waals surface area contributed by atoms with Gasteiger partial charge in [-0.25, -0.2) is 0 Å². The predicted octanol–water partition coefficient (Wildman–Crippen LogP) is 2.47. The Balaban J connectivity index is 2.48. The molecule has 15 heavy (non-hydrogen) atoms. The van der Waals surface area contributed by atoms with Crippen molar-refractivity contribution in [1.82, 2.24) is 4.98 Å². The fraction of sp³-hybridized carbons (Fsp3) is 0.0833. The van der Waals surface area contributed by atoms with Gasteiger partial charge < -0.3 is 4.98 Å². The monoisotopic (exact) mass is 217 g/mol. The van der Waals surface area contributed by atoms with Gasteiger partial charge in [-0.15, -0.1) is 0 Å². The number of hydrogen-bond donors (Lipinski definition) is 2. The zero-order valence-electron chi connectivity index (χ0n) is 8.10. The van der Waals surface area contributed by atoms with Crippen molar-refractivity contribution >= 4 is 12.6 Å². The fourth-order valence-electron chi connectivity index (χ4n) is 1.41. The van der Waals surface area contributed by atoms with E-state index >= 15 is 0 Å². The molecule has 0 spiro atoms. The zero-order valence-corrected chi connectivity index (χ0v) is 9.00. The number of hydrogen-bond acceptors (Lipinski definition) is 2. The first-order valence-corrected chi connectivity index (χ1v) is 5.33. The van der Waals surface area contributed by atoms with Gasteiger partial charge in [0.15, 0.2) is 0 Å². The van der Waals surface area contributed by atoms with E-state index in [0.29, 0.717) is 11.3 Å². The van der Waals surface area contributed by atoms with Gasteiger partial charge in [0.1, 0.15) is 0 Å². The lowest BCUT2D eigenvalue weighted by molar-refractivity contribution is 1.17. The second-order valence-corrected chi connectivity index (χ2v) is 3.57. The van der Waals surface area contributed by atoms with Crippen LogP contribution in [0.3, 0.4) is 0 Å². The summed E-state index contributed by atoms with van der Waals surface area (Å²) in [5, 5.41) is 0. The van der Waals surface area contributed by atoms with Crippen LogP contribution >= 0.6 is 12.6 Å². The Bertz CT molecular complexity index is 505. The molecule has 0 aliphatic heterocycles. The molecule has 2 nitrogen and oxygen atoms in total. The van der Waals surface area contributed by atoms with E-state index in [0.717, 1.165) is 11.3 Å². The van der Waals surface area contributed by atoms with Crippen LogP contribution in [0.15, 0.2) is 47.3 Å². The molecule has 0 radical (unpaired) electrons. The maximum absolute atomic E-state index is 11.5. The van der Waals surface area contributed by atoms with Crippen LogP contribution in [0.25, 0.3) is 11.3 Å². The molecule has 0 aliphatic carbocycles. The van der Waals surface area contributed by atoms with Crippen molar-refractivity contribution in [2.75, 3.05) is 0 Å². The number of H-pyrrole nitrogens is 1. The molecule has 0 amide bonds. The lowest BCUT2D eigenvalue weighted by atomic mass is 10.1. The number of thiol groups is 1. The summed E-state index contributed by atoms with van der Waals surface area (Å²) < 4.78 is 0. The van der Waals surface area contributed by atoms with E-state index in [-0.39, 0.29) is 5.56 Å². The molecule has 3 heteroatoms. The molecule has 0 fully saturated rings. The summed E-state index contributed by atoms with van der Waals surface area (Å²) in [6, 6.07) is 13.5. The normalized spacial score (nSPS) is 10.2. The van der Waals surface area contributed by atoms with Gasteiger partial charge in [-0.2, -0.15) is 12.6 Å². The van der Waals surface area contributed by atoms with Crippen molar-refractivity contribution in [1.29, 1.82) is 0 Å². The van der Waals surface area contributed by atoms with Crippen LogP contribution in [0.5, 0.6) is 0 Å². The molecular formula is C12H11NOS. The molecule has 1 aromatic heterocycles. The average Bonchev–Trinajstić information content (AvgIpc) is 2.30. The first-order valence-electron chi connectivity index (χ1n) is 4.70. The van der Waals surface area contributed by atoms with Gasteiger partial charge >= 0.3 is 0 Å². The number of benzene rings is 1. The Labute approximate surface area is 93.4 Å². The highest BCUT2D eigenvalue weighted by Crippen LogP contribution is 2.14. The third-order valence-electron chi connectivity index (χ3n) is 2.25. The molecule has 1 aromatic carbocycles. The lowest BCUT2D eigenvalue weighted by Gasteiger charge is -2.02. The molecule has 0 saturated heterocycles. The molecular weight excluding hydrogens is 206 g/mol. The molecule has 0 saturated carbocycles. The largest absolute Gasteiger partial charge is 0.322 e. The number of rotatable bonds is 2. The molecule has 0 bridgehead atoms. The van der Waals surface area contributed by atoms with Crippen molar-refractivity contribution < 1.29 is 0 Å². The maximum atomic E-state index is 11.5. The molecule has 1 heterocycles. The number of aromatic nitrogens is 1. The van der Waals surface area contributed by atoms with E-state index < -0.39 is 0 Å². The first kappa shape index (κ1) is 10.1. The zero-order chi connectivity index (χ0) is 10.7. The van der Waals surface area contributed by atoms with Crippen LogP contribution < -0.4 is 5.56 Å². The average molecular weight is 217 g/mol. The Kier molecular flexibility index (Phi) is 2.92.